The van der Waals surface area contributed by atoms with Crippen LogP contribution in [0.4, 0.5) is 0 Å². The van der Waals surface area contributed by atoms with Gasteiger partial charge < -0.3 is 14.5 Å². The summed E-state index contributed by atoms with van der Waals surface area (Å²) in [6.45, 7) is 0. The minimum atomic E-state index is -2.90. The highest BCUT2D eigenvalue weighted by Crippen LogP contribution is 2.43. The van der Waals surface area contributed by atoms with E-state index in [1.807, 2.05) is 36.4 Å². The molecule has 0 saturated heterocycles. The maximum absolute atomic E-state index is 13.2. The molecule has 0 bridgehead atoms. The van der Waals surface area contributed by atoms with Gasteiger partial charge in [-0.3, -0.25) is 0 Å². The second-order valence-corrected chi connectivity index (χ2v) is 7.22. The van der Waals surface area contributed by atoms with Crippen molar-refractivity contribution in [3.63, 3.8) is 0 Å². The van der Waals surface area contributed by atoms with Crippen LogP contribution >= 0.6 is 7.14 Å². The lowest BCUT2D eigenvalue weighted by Gasteiger charge is -2.19. The lowest BCUT2D eigenvalue weighted by molar-refractivity contribution is -0.305. The molecule has 3 nitrogen and oxygen atoms in total. The van der Waals surface area contributed by atoms with Crippen molar-refractivity contribution < 1.29 is 14.5 Å². The Hall–Kier alpha value is -1.86. The predicted octanol–water partition coefficient (Wildman–Crippen LogP) is 1.14. The quantitative estimate of drug-likeness (QED) is 0.768. The van der Waals surface area contributed by atoms with Crippen LogP contribution in [-0.2, 0) is 9.36 Å². The molecular formula is C15H14O3P-. The zero-order valence-electron chi connectivity index (χ0n) is 10.4. The largest absolute Gasteiger partial charge is 0.550 e. The molecule has 2 rings (SSSR count). The highest BCUT2D eigenvalue weighted by molar-refractivity contribution is 7.78. The summed E-state index contributed by atoms with van der Waals surface area (Å²) >= 11 is 0. The van der Waals surface area contributed by atoms with Gasteiger partial charge in [0.15, 0.2) is 0 Å². The second kappa shape index (κ2) is 5.85. The van der Waals surface area contributed by atoms with Crippen LogP contribution in [0.1, 0.15) is 6.42 Å². The van der Waals surface area contributed by atoms with Gasteiger partial charge in [0, 0.05) is 22.7 Å². The van der Waals surface area contributed by atoms with Gasteiger partial charge in [0.05, 0.1) is 0 Å². The molecule has 2 aromatic carbocycles. The third-order valence-corrected chi connectivity index (χ3v) is 6.10. The summed E-state index contributed by atoms with van der Waals surface area (Å²) in [5.74, 6) is -1.17. The number of hydrogen-bond donors (Lipinski definition) is 0. The molecule has 0 atom stereocenters. The minimum Gasteiger partial charge on any atom is -0.550 e. The number of carbonyl (C=O) groups is 1. The van der Waals surface area contributed by atoms with Crippen LogP contribution in [0.5, 0.6) is 0 Å². The normalized spacial score (nSPS) is 11.2. The third kappa shape index (κ3) is 3.12. The Labute approximate surface area is 112 Å². The first-order chi connectivity index (χ1) is 9.13. The second-order valence-electron chi connectivity index (χ2n) is 4.26. The fourth-order valence-corrected chi connectivity index (χ4v) is 4.61. The molecule has 98 valence electrons. The van der Waals surface area contributed by atoms with Crippen molar-refractivity contribution in [3.05, 3.63) is 60.7 Å². The highest BCUT2D eigenvalue weighted by Gasteiger charge is 2.26. The summed E-state index contributed by atoms with van der Waals surface area (Å²) in [7, 11) is -2.90. The predicted molar refractivity (Wildman–Crippen MR) is 74.2 cm³/mol. The molecule has 0 aliphatic carbocycles. The van der Waals surface area contributed by atoms with Crippen molar-refractivity contribution in [1.29, 1.82) is 0 Å². The van der Waals surface area contributed by atoms with Crippen molar-refractivity contribution in [2.45, 2.75) is 6.42 Å². The molecule has 0 spiro atoms. The molecule has 0 heterocycles. The first-order valence-electron chi connectivity index (χ1n) is 6.03. The maximum Gasteiger partial charge on any atom is 0.143 e. The molecule has 0 unspecified atom stereocenters. The van der Waals surface area contributed by atoms with E-state index < -0.39 is 13.1 Å². The van der Waals surface area contributed by atoms with Gasteiger partial charge in [-0.2, -0.15) is 0 Å². The van der Waals surface area contributed by atoms with Gasteiger partial charge in [0.25, 0.3) is 0 Å². The molecule has 0 aliphatic rings. The van der Waals surface area contributed by atoms with Crippen LogP contribution in [0.25, 0.3) is 0 Å². The number of carboxylic acids is 1. The standard InChI is InChI=1S/C15H15O3P/c16-15(17)11-12-19(18,13-7-3-1-4-8-13)14-9-5-2-6-10-14/h1-10H,11-12H2,(H,16,17)/p-1. The third-order valence-electron chi connectivity index (χ3n) is 2.98. The minimum absolute atomic E-state index is 0.0867. The van der Waals surface area contributed by atoms with Gasteiger partial charge >= 0.3 is 0 Å². The zero-order chi connectivity index (χ0) is 13.7. The van der Waals surface area contributed by atoms with Crippen LogP contribution in [0, 0.1) is 0 Å². The molecule has 2 aromatic rings. The number of benzene rings is 2. The Kier molecular flexibility index (Phi) is 4.18. The van der Waals surface area contributed by atoms with Crippen molar-refractivity contribution >= 4 is 23.7 Å². The average molecular weight is 273 g/mol. The Bertz CT molecular complexity index is 550. The SMILES string of the molecule is O=C([O-])CCP(=O)(c1ccccc1)c1ccccc1. The number of carboxylic acid groups (broad SMARTS) is 1. The Balaban J connectivity index is 2.45. The number of carbonyl (C=O) groups excluding carboxylic acids is 1. The molecule has 0 aliphatic heterocycles. The molecule has 0 amide bonds. The summed E-state index contributed by atoms with van der Waals surface area (Å²) in [4.78, 5) is 10.7. The van der Waals surface area contributed by atoms with Gasteiger partial charge in [-0.05, 0) is 6.42 Å². The van der Waals surface area contributed by atoms with Gasteiger partial charge in [0.1, 0.15) is 7.14 Å². The average Bonchev–Trinajstić information content (AvgIpc) is 2.46. The molecule has 0 fully saturated rings. The monoisotopic (exact) mass is 273 g/mol. The number of hydrogen-bond acceptors (Lipinski definition) is 3. The van der Waals surface area contributed by atoms with Gasteiger partial charge in [0.2, 0.25) is 0 Å². The van der Waals surface area contributed by atoms with E-state index in [9.17, 15) is 14.5 Å². The van der Waals surface area contributed by atoms with Crippen molar-refractivity contribution in [3.8, 4) is 0 Å². The van der Waals surface area contributed by atoms with E-state index in [4.69, 9.17) is 0 Å². The highest BCUT2D eigenvalue weighted by atomic mass is 31.2. The smallest absolute Gasteiger partial charge is 0.143 e. The van der Waals surface area contributed by atoms with Crippen LogP contribution in [0.15, 0.2) is 60.7 Å². The fraction of sp³-hybridized carbons (Fsp3) is 0.133. The van der Waals surface area contributed by atoms with Crippen molar-refractivity contribution in [2.75, 3.05) is 6.16 Å². The van der Waals surface area contributed by atoms with E-state index in [0.29, 0.717) is 10.6 Å². The number of rotatable bonds is 5. The topological polar surface area (TPSA) is 57.2 Å². The lowest BCUT2D eigenvalue weighted by Crippen LogP contribution is -2.26. The summed E-state index contributed by atoms with van der Waals surface area (Å²) in [6, 6.07) is 18.1. The Morgan fingerprint density at radius 1 is 0.895 bits per heavy atom. The first kappa shape index (κ1) is 13.6. The first-order valence-corrected chi connectivity index (χ1v) is 7.92. The van der Waals surface area contributed by atoms with Gasteiger partial charge in [-0.1, -0.05) is 60.7 Å². The van der Waals surface area contributed by atoms with Gasteiger partial charge in [-0.15, -0.1) is 0 Å². The molecule has 0 saturated carbocycles. The summed E-state index contributed by atoms with van der Waals surface area (Å²) < 4.78 is 13.2. The van der Waals surface area contributed by atoms with Crippen molar-refractivity contribution in [1.82, 2.24) is 0 Å². The van der Waals surface area contributed by atoms with E-state index in [1.54, 1.807) is 24.3 Å². The molecule has 19 heavy (non-hydrogen) atoms. The molecular weight excluding hydrogens is 259 g/mol. The summed E-state index contributed by atoms with van der Waals surface area (Å²) in [5, 5.41) is 12.0. The molecule has 0 N–H and O–H groups in total. The Morgan fingerprint density at radius 2 is 1.32 bits per heavy atom. The molecule has 0 radical (unpaired) electrons. The molecule has 0 aromatic heterocycles. The van der Waals surface area contributed by atoms with Crippen LogP contribution in [-0.4, -0.2) is 12.1 Å². The maximum atomic E-state index is 13.2. The van der Waals surface area contributed by atoms with E-state index in [-0.39, 0.29) is 12.6 Å². The van der Waals surface area contributed by atoms with Crippen molar-refractivity contribution in [2.24, 2.45) is 0 Å². The van der Waals surface area contributed by atoms with Gasteiger partial charge in [-0.25, -0.2) is 0 Å². The summed E-state index contributed by atoms with van der Waals surface area (Å²) in [5.41, 5.74) is 0. The number of aliphatic carboxylic acids is 1. The van der Waals surface area contributed by atoms with E-state index >= 15 is 0 Å². The van der Waals surface area contributed by atoms with Crippen LogP contribution in [0.3, 0.4) is 0 Å². The summed E-state index contributed by atoms with van der Waals surface area (Å²) in [6.07, 6.45) is -0.121. The van der Waals surface area contributed by atoms with E-state index in [1.165, 1.54) is 0 Å². The Morgan fingerprint density at radius 3 is 1.68 bits per heavy atom. The molecule has 4 heteroatoms. The van der Waals surface area contributed by atoms with Crippen LogP contribution < -0.4 is 15.7 Å². The lowest BCUT2D eigenvalue weighted by atomic mass is 10.4. The van der Waals surface area contributed by atoms with E-state index in [2.05, 4.69) is 0 Å². The van der Waals surface area contributed by atoms with Crippen LogP contribution in [0.2, 0.25) is 0 Å². The zero-order valence-corrected chi connectivity index (χ0v) is 11.3. The van der Waals surface area contributed by atoms with E-state index in [0.717, 1.165) is 0 Å². The fourth-order valence-electron chi connectivity index (χ4n) is 1.99.